The van der Waals surface area contributed by atoms with E-state index in [0.29, 0.717) is 30.3 Å². The number of nitrogens with one attached hydrogen (secondary N) is 1. The molecule has 0 aromatic heterocycles. The zero-order valence-corrected chi connectivity index (χ0v) is 16.3. The molecule has 2 aromatic rings. The van der Waals surface area contributed by atoms with E-state index in [9.17, 15) is 9.59 Å². The monoisotopic (exact) mass is 396 g/mol. The Kier molecular flexibility index (Phi) is 5.55. The molecule has 1 aliphatic carbocycles. The van der Waals surface area contributed by atoms with Gasteiger partial charge in [0.1, 0.15) is 12.4 Å². The molecule has 29 heavy (non-hydrogen) atoms. The summed E-state index contributed by atoms with van der Waals surface area (Å²) < 4.78 is 17.2. The highest BCUT2D eigenvalue weighted by molar-refractivity contribution is 5.94. The number of carbonyl (C=O) groups is 2. The van der Waals surface area contributed by atoms with E-state index in [-0.39, 0.29) is 30.4 Å². The molecule has 0 radical (unpaired) electrons. The summed E-state index contributed by atoms with van der Waals surface area (Å²) in [6, 6.07) is 14.6. The predicted molar refractivity (Wildman–Crippen MR) is 107 cm³/mol. The van der Waals surface area contributed by atoms with Crippen molar-refractivity contribution >= 4 is 17.5 Å². The third kappa shape index (κ3) is 4.99. The van der Waals surface area contributed by atoms with Gasteiger partial charge in [0.25, 0.3) is 5.91 Å². The van der Waals surface area contributed by atoms with E-state index in [2.05, 4.69) is 5.32 Å². The molecule has 1 unspecified atom stereocenters. The predicted octanol–water partition coefficient (Wildman–Crippen LogP) is 2.71. The first-order valence-corrected chi connectivity index (χ1v) is 9.74. The summed E-state index contributed by atoms with van der Waals surface area (Å²) in [7, 11) is 1.71. The van der Waals surface area contributed by atoms with E-state index in [1.165, 1.54) is 0 Å². The number of fused-ring (bicyclic) bond motifs is 1. The van der Waals surface area contributed by atoms with Gasteiger partial charge in [-0.15, -0.1) is 0 Å². The molecular weight excluding hydrogens is 372 g/mol. The summed E-state index contributed by atoms with van der Waals surface area (Å²) in [5.41, 5.74) is 0.673. The second-order valence-electron chi connectivity index (χ2n) is 7.35. The molecule has 1 atom stereocenters. The molecule has 0 spiro atoms. The Bertz CT molecular complexity index is 896. The van der Waals surface area contributed by atoms with Gasteiger partial charge in [-0.25, -0.2) is 0 Å². The molecule has 7 heteroatoms. The first-order valence-electron chi connectivity index (χ1n) is 9.74. The van der Waals surface area contributed by atoms with E-state index in [4.69, 9.17) is 14.2 Å². The highest BCUT2D eigenvalue weighted by Crippen LogP contribution is 2.31. The standard InChI is InChI=1S/C22H24N2O5/c1-24(12-18-13-28-19-7-2-3-8-20(19)29-18)21(25)14-27-17-6-4-5-16(11-17)23-22(26)15-9-10-15/h2-8,11,15,18H,9-10,12-14H2,1H3,(H,23,26). The topological polar surface area (TPSA) is 77.1 Å². The molecule has 1 saturated carbocycles. The minimum atomic E-state index is -0.236. The molecule has 1 fully saturated rings. The molecule has 2 aromatic carbocycles. The van der Waals surface area contributed by atoms with E-state index in [0.717, 1.165) is 18.6 Å². The Labute approximate surface area is 169 Å². The molecule has 1 heterocycles. The fourth-order valence-corrected chi connectivity index (χ4v) is 3.07. The number of likely N-dealkylation sites (N-methyl/N-ethyl adjacent to an activating group) is 1. The maximum absolute atomic E-state index is 12.4. The van der Waals surface area contributed by atoms with Crippen LogP contribution in [0.5, 0.6) is 17.2 Å². The number of rotatable bonds is 7. The van der Waals surface area contributed by atoms with Gasteiger partial charge in [-0.1, -0.05) is 18.2 Å². The van der Waals surface area contributed by atoms with E-state index in [1.807, 2.05) is 24.3 Å². The second-order valence-corrected chi connectivity index (χ2v) is 7.35. The van der Waals surface area contributed by atoms with Crippen LogP contribution in [0.25, 0.3) is 0 Å². The van der Waals surface area contributed by atoms with E-state index >= 15 is 0 Å². The maximum atomic E-state index is 12.4. The third-order valence-corrected chi connectivity index (χ3v) is 4.88. The lowest BCUT2D eigenvalue weighted by molar-refractivity contribution is -0.133. The number of ether oxygens (including phenoxy) is 3. The maximum Gasteiger partial charge on any atom is 0.260 e. The summed E-state index contributed by atoms with van der Waals surface area (Å²) in [5.74, 6) is 1.94. The van der Waals surface area contributed by atoms with Crippen LogP contribution < -0.4 is 19.5 Å². The van der Waals surface area contributed by atoms with E-state index < -0.39 is 0 Å². The average Bonchev–Trinajstić information content (AvgIpc) is 3.58. The van der Waals surface area contributed by atoms with Crippen molar-refractivity contribution < 1.29 is 23.8 Å². The first kappa shape index (κ1) is 19.1. The Balaban J connectivity index is 1.25. The van der Waals surface area contributed by atoms with Gasteiger partial charge in [0.05, 0.1) is 6.54 Å². The van der Waals surface area contributed by atoms with Gasteiger partial charge in [-0.2, -0.15) is 0 Å². The number of nitrogens with zero attached hydrogens (tertiary/aromatic N) is 1. The molecule has 4 rings (SSSR count). The van der Waals surface area contributed by atoms with Crippen LogP contribution in [0.3, 0.4) is 0 Å². The normalized spacial score (nSPS) is 17.3. The molecule has 0 saturated heterocycles. The molecule has 1 aliphatic heterocycles. The Morgan fingerprint density at radius 2 is 1.93 bits per heavy atom. The number of carbonyl (C=O) groups excluding carboxylic acids is 2. The number of benzene rings is 2. The van der Waals surface area contributed by atoms with Crippen LogP contribution in [0.4, 0.5) is 5.69 Å². The number of hydrogen-bond donors (Lipinski definition) is 1. The van der Waals surface area contributed by atoms with Crippen LogP contribution >= 0.6 is 0 Å². The molecule has 2 aliphatic rings. The van der Waals surface area contributed by atoms with Gasteiger partial charge < -0.3 is 24.4 Å². The summed E-state index contributed by atoms with van der Waals surface area (Å²) in [6.45, 7) is 0.687. The average molecular weight is 396 g/mol. The lowest BCUT2D eigenvalue weighted by Crippen LogP contribution is -2.43. The van der Waals surface area contributed by atoms with Crippen LogP contribution in [0.15, 0.2) is 48.5 Å². The fraction of sp³-hybridized carbons (Fsp3) is 0.364. The highest BCUT2D eigenvalue weighted by atomic mass is 16.6. The minimum absolute atomic E-state index is 0.0363. The Hall–Kier alpha value is -3.22. The van der Waals surface area contributed by atoms with Crippen LogP contribution in [0.1, 0.15) is 12.8 Å². The number of anilines is 1. The van der Waals surface area contributed by atoms with Gasteiger partial charge in [0.2, 0.25) is 5.91 Å². The van der Waals surface area contributed by atoms with Gasteiger partial charge >= 0.3 is 0 Å². The SMILES string of the molecule is CN(CC1COc2ccccc2O1)C(=O)COc1cccc(NC(=O)C2CC2)c1. The van der Waals surface area contributed by atoms with Gasteiger partial charge in [0, 0.05) is 24.7 Å². The van der Waals surface area contributed by atoms with Crippen molar-refractivity contribution in [1.82, 2.24) is 4.90 Å². The number of amides is 2. The van der Waals surface area contributed by atoms with Crippen LogP contribution in [-0.4, -0.2) is 49.6 Å². The Morgan fingerprint density at radius 1 is 1.14 bits per heavy atom. The van der Waals surface area contributed by atoms with Crippen molar-refractivity contribution in [2.45, 2.75) is 18.9 Å². The molecular formula is C22H24N2O5. The molecule has 7 nitrogen and oxygen atoms in total. The van der Waals surface area contributed by atoms with Crippen molar-refractivity contribution in [3.05, 3.63) is 48.5 Å². The van der Waals surface area contributed by atoms with Gasteiger partial charge in [-0.3, -0.25) is 9.59 Å². The van der Waals surface area contributed by atoms with Crippen molar-refractivity contribution in [3.63, 3.8) is 0 Å². The highest BCUT2D eigenvalue weighted by Gasteiger charge is 2.29. The smallest absolute Gasteiger partial charge is 0.260 e. The van der Waals surface area contributed by atoms with Gasteiger partial charge in [-0.05, 0) is 37.1 Å². The summed E-state index contributed by atoms with van der Waals surface area (Å²) in [4.78, 5) is 25.9. The van der Waals surface area contributed by atoms with Gasteiger partial charge in [0.15, 0.2) is 24.2 Å². The number of para-hydroxylation sites is 2. The summed E-state index contributed by atoms with van der Waals surface area (Å²) in [5, 5.41) is 2.87. The van der Waals surface area contributed by atoms with Crippen molar-refractivity contribution in [3.8, 4) is 17.2 Å². The molecule has 0 bridgehead atoms. The van der Waals surface area contributed by atoms with E-state index in [1.54, 1.807) is 36.2 Å². The summed E-state index contributed by atoms with van der Waals surface area (Å²) in [6.07, 6.45) is 1.66. The molecule has 152 valence electrons. The Morgan fingerprint density at radius 3 is 2.72 bits per heavy atom. The van der Waals surface area contributed by atoms with Crippen molar-refractivity contribution in [1.29, 1.82) is 0 Å². The lowest BCUT2D eigenvalue weighted by Gasteiger charge is -2.29. The first-order chi connectivity index (χ1) is 14.1. The third-order valence-electron chi connectivity index (χ3n) is 4.88. The van der Waals surface area contributed by atoms with Crippen molar-refractivity contribution in [2.75, 3.05) is 32.1 Å². The molecule has 2 amide bonds. The quantitative estimate of drug-likeness (QED) is 0.779. The van der Waals surface area contributed by atoms with Crippen LogP contribution in [0, 0.1) is 5.92 Å². The molecule has 1 N–H and O–H groups in total. The van der Waals surface area contributed by atoms with Crippen LogP contribution in [-0.2, 0) is 9.59 Å². The second kappa shape index (κ2) is 8.43. The fourth-order valence-electron chi connectivity index (χ4n) is 3.07. The number of hydrogen-bond acceptors (Lipinski definition) is 5. The zero-order valence-electron chi connectivity index (χ0n) is 16.3. The largest absolute Gasteiger partial charge is 0.486 e. The minimum Gasteiger partial charge on any atom is -0.486 e. The zero-order chi connectivity index (χ0) is 20.2. The lowest BCUT2D eigenvalue weighted by atomic mass is 10.2. The van der Waals surface area contributed by atoms with Crippen molar-refractivity contribution in [2.24, 2.45) is 5.92 Å². The summed E-state index contributed by atoms with van der Waals surface area (Å²) >= 11 is 0. The van der Waals surface area contributed by atoms with Crippen LogP contribution in [0.2, 0.25) is 0 Å².